The third-order valence-corrected chi connectivity index (χ3v) is 5.00. The zero-order valence-electron chi connectivity index (χ0n) is 16.5. The summed E-state index contributed by atoms with van der Waals surface area (Å²) in [5, 5.41) is 0. The lowest BCUT2D eigenvalue weighted by molar-refractivity contribution is 0.141. The van der Waals surface area contributed by atoms with E-state index in [9.17, 15) is 0 Å². The minimum atomic E-state index is 0.657. The molecule has 0 atom stereocenters. The molecule has 5 heteroatoms. The number of methoxy groups -OCH3 is 1. The van der Waals surface area contributed by atoms with Gasteiger partial charge in [-0.2, -0.15) is 0 Å². The molecule has 1 aromatic heterocycles. The van der Waals surface area contributed by atoms with Crippen molar-refractivity contribution >= 4 is 6.08 Å². The second-order valence-corrected chi connectivity index (χ2v) is 7.19. The lowest BCUT2D eigenvalue weighted by Gasteiger charge is -2.34. The fourth-order valence-electron chi connectivity index (χ4n) is 3.53. The Labute approximate surface area is 162 Å². The van der Waals surface area contributed by atoms with E-state index in [1.54, 1.807) is 19.5 Å². The van der Waals surface area contributed by atoms with Crippen molar-refractivity contribution in [2.45, 2.75) is 20.0 Å². The molecule has 0 N–H and O–H groups in total. The van der Waals surface area contributed by atoms with E-state index < -0.39 is 0 Å². The van der Waals surface area contributed by atoms with Gasteiger partial charge in [0.25, 0.3) is 0 Å². The van der Waals surface area contributed by atoms with Crippen molar-refractivity contribution in [2.75, 3.05) is 46.4 Å². The van der Waals surface area contributed by atoms with E-state index in [0.717, 1.165) is 51.4 Å². The van der Waals surface area contributed by atoms with E-state index in [0.29, 0.717) is 6.61 Å². The molecule has 2 aromatic rings. The Kier molecular flexibility index (Phi) is 7.51. The SMILES string of the molecule is COCc1ccccc1C=C(C)CN1CCN(CCc2cnccn2)CC1. The van der Waals surface area contributed by atoms with Gasteiger partial charge in [0.05, 0.1) is 12.3 Å². The minimum absolute atomic E-state index is 0.657. The molecule has 2 heterocycles. The molecule has 0 aliphatic carbocycles. The van der Waals surface area contributed by atoms with Crippen molar-refractivity contribution in [3.05, 3.63) is 65.2 Å². The Morgan fingerprint density at radius 3 is 2.63 bits per heavy atom. The van der Waals surface area contributed by atoms with Gasteiger partial charge in [-0.3, -0.25) is 14.9 Å². The van der Waals surface area contributed by atoms with Crippen LogP contribution < -0.4 is 0 Å². The normalized spacial score (nSPS) is 16.6. The van der Waals surface area contributed by atoms with E-state index in [2.05, 4.69) is 57.0 Å². The van der Waals surface area contributed by atoms with Crippen molar-refractivity contribution in [3.8, 4) is 0 Å². The largest absolute Gasteiger partial charge is 0.380 e. The van der Waals surface area contributed by atoms with Crippen molar-refractivity contribution in [1.82, 2.24) is 19.8 Å². The topological polar surface area (TPSA) is 41.5 Å². The molecule has 1 saturated heterocycles. The molecular formula is C22H30N4O. The number of rotatable bonds is 8. The van der Waals surface area contributed by atoms with Gasteiger partial charge in [-0.1, -0.05) is 35.9 Å². The van der Waals surface area contributed by atoms with Crippen LogP contribution >= 0.6 is 0 Å². The van der Waals surface area contributed by atoms with Crippen LogP contribution in [0.2, 0.25) is 0 Å². The standard InChI is InChI=1S/C22H30N4O/c1-19(15-20-5-3-4-6-21(20)18-27-2)17-26-13-11-25(12-14-26)10-7-22-16-23-8-9-24-22/h3-6,8-9,15-16H,7,10-14,17-18H2,1-2H3. The number of benzene rings is 1. The number of nitrogens with zero attached hydrogens (tertiary/aromatic N) is 4. The molecule has 0 unspecified atom stereocenters. The molecule has 0 radical (unpaired) electrons. The number of hydrogen-bond acceptors (Lipinski definition) is 5. The van der Waals surface area contributed by atoms with Gasteiger partial charge in [-0.05, 0) is 18.1 Å². The molecule has 0 bridgehead atoms. The van der Waals surface area contributed by atoms with Crippen LogP contribution in [0.1, 0.15) is 23.7 Å². The van der Waals surface area contributed by atoms with Gasteiger partial charge in [-0.25, -0.2) is 0 Å². The number of hydrogen-bond donors (Lipinski definition) is 0. The maximum atomic E-state index is 5.31. The Morgan fingerprint density at radius 1 is 1.11 bits per heavy atom. The van der Waals surface area contributed by atoms with Gasteiger partial charge < -0.3 is 9.64 Å². The average Bonchev–Trinajstić information content (AvgIpc) is 2.70. The summed E-state index contributed by atoms with van der Waals surface area (Å²) >= 11 is 0. The summed E-state index contributed by atoms with van der Waals surface area (Å²) in [6.45, 7) is 9.44. The highest BCUT2D eigenvalue weighted by Crippen LogP contribution is 2.15. The molecule has 144 valence electrons. The van der Waals surface area contributed by atoms with Crippen LogP contribution in [0.15, 0.2) is 48.4 Å². The van der Waals surface area contributed by atoms with Crippen molar-refractivity contribution < 1.29 is 4.74 Å². The molecule has 1 aliphatic rings. The van der Waals surface area contributed by atoms with E-state index >= 15 is 0 Å². The zero-order valence-corrected chi connectivity index (χ0v) is 16.5. The fourth-order valence-corrected chi connectivity index (χ4v) is 3.53. The Hall–Kier alpha value is -2.08. The van der Waals surface area contributed by atoms with Gasteiger partial charge in [0.1, 0.15) is 0 Å². The van der Waals surface area contributed by atoms with Gasteiger partial charge in [0, 0.05) is 71.4 Å². The predicted molar refractivity (Wildman–Crippen MR) is 109 cm³/mol. The van der Waals surface area contributed by atoms with Gasteiger partial charge >= 0.3 is 0 Å². The van der Waals surface area contributed by atoms with E-state index in [1.807, 2.05) is 6.20 Å². The highest BCUT2D eigenvalue weighted by atomic mass is 16.5. The number of piperazine rings is 1. The molecular weight excluding hydrogens is 336 g/mol. The molecule has 1 aliphatic heterocycles. The van der Waals surface area contributed by atoms with Crippen molar-refractivity contribution in [3.63, 3.8) is 0 Å². The highest BCUT2D eigenvalue weighted by Gasteiger charge is 2.16. The summed E-state index contributed by atoms with van der Waals surface area (Å²) in [4.78, 5) is 13.6. The molecule has 1 fully saturated rings. The van der Waals surface area contributed by atoms with E-state index in [1.165, 1.54) is 16.7 Å². The summed E-state index contributed by atoms with van der Waals surface area (Å²) in [6, 6.07) is 8.47. The van der Waals surface area contributed by atoms with Crippen LogP contribution in [0.3, 0.4) is 0 Å². The fraction of sp³-hybridized carbons (Fsp3) is 0.455. The lowest BCUT2D eigenvalue weighted by atomic mass is 10.1. The molecule has 27 heavy (non-hydrogen) atoms. The monoisotopic (exact) mass is 366 g/mol. The first-order valence-corrected chi connectivity index (χ1v) is 9.68. The Morgan fingerprint density at radius 2 is 1.89 bits per heavy atom. The maximum absolute atomic E-state index is 5.31. The smallest absolute Gasteiger partial charge is 0.0718 e. The zero-order chi connectivity index (χ0) is 18.9. The number of ether oxygens (including phenoxy) is 1. The first kappa shape index (κ1) is 19.7. The summed E-state index contributed by atoms with van der Waals surface area (Å²) < 4.78 is 5.31. The second kappa shape index (κ2) is 10.3. The maximum Gasteiger partial charge on any atom is 0.0718 e. The molecule has 5 nitrogen and oxygen atoms in total. The van der Waals surface area contributed by atoms with E-state index in [-0.39, 0.29) is 0 Å². The van der Waals surface area contributed by atoms with Crippen LogP contribution in [-0.4, -0.2) is 66.1 Å². The summed E-state index contributed by atoms with van der Waals surface area (Å²) in [7, 11) is 1.75. The molecule has 1 aromatic carbocycles. The lowest BCUT2D eigenvalue weighted by Crippen LogP contribution is -2.47. The summed E-state index contributed by atoms with van der Waals surface area (Å²) in [5.74, 6) is 0. The summed E-state index contributed by atoms with van der Waals surface area (Å²) in [6.07, 6.45) is 8.64. The van der Waals surface area contributed by atoms with Crippen molar-refractivity contribution in [1.29, 1.82) is 0 Å². The van der Waals surface area contributed by atoms with Gasteiger partial charge in [-0.15, -0.1) is 0 Å². The van der Waals surface area contributed by atoms with Crippen LogP contribution in [0, 0.1) is 0 Å². The Bertz CT molecular complexity index is 724. The van der Waals surface area contributed by atoms with E-state index in [4.69, 9.17) is 4.74 Å². The highest BCUT2D eigenvalue weighted by molar-refractivity contribution is 5.56. The Balaban J connectivity index is 1.46. The van der Waals surface area contributed by atoms with Crippen LogP contribution in [0.25, 0.3) is 6.08 Å². The number of aromatic nitrogens is 2. The predicted octanol–water partition coefficient (Wildman–Crippen LogP) is 2.89. The molecule has 3 rings (SSSR count). The van der Waals surface area contributed by atoms with Crippen molar-refractivity contribution in [2.24, 2.45) is 0 Å². The molecule has 0 amide bonds. The van der Waals surface area contributed by atoms with Crippen LogP contribution in [-0.2, 0) is 17.8 Å². The van der Waals surface area contributed by atoms with Crippen LogP contribution in [0.5, 0.6) is 0 Å². The average molecular weight is 367 g/mol. The first-order chi connectivity index (χ1) is 13.2. The van der Waals surface area contributed by atoms with Gasteiger partial charge in [0.15, 0.2) is 0 Å². The third-order valence-electron chi connectivity index (χ3n) is 5.00. The third kappa shape index (κ3) is 6.24. The molecule has 0 spiro atoms. The second-order valence-electron chi connectivity index (χ2n) is 7.19. The molecule has 0 saturated carbocycles. The quantitative estimate of drug-likeness (QED) is 0.719. The van der Waals surface area contributed by atoms with Gasteiger partial charge in [0.2, 0.25) is 0 Å². The minimum Gasteiger partial charge on any atom is -0.380 e. The summed E-state index contributed by atoms with van der Waals surface area (Å²) in [5.41, 5.74) is 4.98. The van der Waals surface area contributed by atoms with Crippen LogP contribution in [0.4, 0.5) is 0 Å². The first-order valence-electron chi connectivity index (χ1n) is 9.68.